The molecule has 0 spiro atoms. The van der Waals surface area contributed by atoms with E-state index in [0.29, 0.717) is 19.6 Å². The molecule has 1 aromatic carbocycles. The number of H-pyrrole nitrogens is 1. The van der Waals surface area contributed by atoms with Crippen LogP contribution in [0.1, 0.15) is 39.9 Å². The first kappa shape index (κ1) is 21.0. The van der Waals surface area contributed by atoms with Gasteiger partial charge in [-0.05, 0) is 46.2 Å². The van der Waals surface area contributed by atoms with Crippen molar-refractivity contribution < 1.29 is 9.53 Å². The van der Waals surface area contributed by atoms with Gasteiger partial charge in [0.05, 0.1) is 17.1 Å². The van der Waals surface area contributed by atoms with E-state index in [1.807, 2.05) is 52.0 Å². The number of hydrogen-bond donors (Lipinski definition) is 3. The van der Waals surface area contributed by atoms with Crippen LogP contribution in [0.4, 0.5) is 4.79 Å². The van der Waals surface area contributed by atoms with E-state index in [0.717, 1.165) is 42.2 Å². The Hall–Kier alpha value is -2.77. The number of aromatic amines is 1. The average molecular weight is 401 g/mol. The Morgan fingerprint density at radius 2 is 2.10 bits per heavy atom. The number of aryl methyl sites for hydroxylation is 1. The first-order valence-corrected chi connectivity index (χ1v) is 10.3. The van der Waals surface area contributed by atoms with E-state index < -0.39 is 5.60 Å². The second kappa shape index (κ2) is 9.15. The Labute approximate surface area is 172 Å². The molecule has 3 rings (SSSR count). The summed E-state index contributed by atoms with van der Waals surface area (Å²) in [6.45, 7) is 10.4. The van der Waals surface area contributed by atoms with Crippen molar-refractivity contribution in [3.05, 3.63) is 30.1 Å². The van der Waals surface area contributed by atoms with E-state index >= 15 is 0 Å². The summed E-state index contributed by atoms with van der Waals surface area (Å²) in [6.07, 6.45) is 1.50. The van der Waals surface area contributed by atoms with Crippen LogP contribution in [0.15, 0.2) is 29.3 Å². The van der Waals surface area contributed by atoms with Crippen LogP contribution in [0.5, 0.6) is 0 Å². The Morgan fingerprint density at radius 3 is 2.79 bits per heavy atom. The summed E-state index contributed by atoms with van der Waals surface area (Å²) in [6, 6.07) is 8.25. The molecule has 3 N–H and O–H groups in total. The second-order valence-electron chi connectivity index (χ2n) is 8.29. The van der Waals surface area contributed by atoms with Gasteiger partial charge in [-0.1, -0.05) is 12.1 Å². The van der Waals surface area contributed by atoms with E-state index in [1.54, 1.807) is 4.90 Å². The number of ether oxygens (including phenoxy) is 1. The number of imidazole rings is 1. The number of rotatable bonds is 6. The first-order valence-electron chi connectivity index (χ1n) is 10.3. The highest BCUT2D eigenvalue weighted by molar-refractivity contribution is 5.80. The van der Waals surface area contributed by atoms with Gasteiger partial charge in [0.1, 0.15) is 11.4 Å². The van der Waals surface area contributed by atoms with E-state index in [1.165, 1.54) is 0 Å². The van der Waals surface area contributed by atoms with Crippen LogP contribution in [-0.4, -0.2) is 64.7 Å². The SMILES string of the molecule is CCNC(=NCCCc1nc2ccccc2[nH]1)NC1CN(C(=O)OC(C)(C)C)C1. The van der Waals surface area contributed by atoms with Crippen molar-refractivity contribution in [3.8, 4) is 0 Å². The van der Waals surface area contributed by atoms with Gasteiger partial charge in [0.15, 0.2) is 5.96 Å². The Morgan fingerprint density at radius 1 is 1.34 bits per heavy atom. The Balaban J connectivity index is 1.42. The lowest BCUT2D eigenvalue weighted by Crippen LogP contribution is -2.63. The molecule has 1 aromatic heterocycles. The normalized spacial score (nSPS) is 15.3. The van der Waals surface area contributed by atoms with Crippen molar-refractivity contribution >= 4 is 23.1 Å². The van der Waals surface area contributed by atoms with E-state index in [9.17, 15) is 4.79 Å². The first-order chi connectivity index (χ1) is 13.8. The summed E-state index contributed by atoms with van der Waals surface area (Å²) in [5.74, 6) is 1.78. The van der Waals surface area contributed by atoms with Crippen molar-refractivity contribution in [2.24, 2.45) is 4.99 Å². The molecular formula is C21H32N6O2. The molecule has 0 saturated carbocycles. The van der Waals surface area contributed by atoms with Crippen molar-refractivity contribution in [2.75, 3.05) is 26.2 Å². The zero-order chi connectivity index (χ0) is 20.9. The maximum absolute atomic E-state index is 12.0. The maximum Gasteiger partial charge on any atom is 0.410 e. The molecule has 0 unspecified atom stereocenters. The van der Waals surface area contributed by atoms with Gasteiger partial charge >= 0.3 is 6.09 Å². The molecule has 8 heteroatoms. The van der Waals surface area contributed by atoms with E-state index in [-0.39, 0.29) is 12.1 Å². The third-order valence-corrected chi connectivity index (χ3v) is 4.50. The minimum absolute atomic E-state index is 0.190. The number of nitrogens with one attached hydrogen (secondary N) is 3. The summed E-state index contributed by atoms with van der Waals surface area (Å²) in [5, 5.41) is 6.65. The molecule has 1 saturated heterocycles. The Bertz CT molecular complexity index is 815. The average Bonchev–Trinajstić information content (AvgIpc) is 3.02. The number of carbonyl (C=O) groups excluding carboxylic acids is 1. The molecule has 1 aliphatic rings. The number of benzene rings is 1. The van der Waals surface area contributed by atoms with Gasteiger partial charge in [-0.25, -0.2) is 9.78 Å². The minimum atomic E-state index is -0.466. The molecule has 0 radical (unpaired) electrons. The minimum Gasteiger partial charge on any atom is -0.444 e. The molecule has 1 fully saturated rings. The number of aromatic nitrogens is 2. The van der Waals surface area contributed by atoms with Gasteiger partial charge in [0, 0.05) is 32.6 Å². The van der Waals surface area contributed by atoms with Gasteiger partial charge in [-0.3, -0.25) is 4.99 Å². The van der Waals surface area contributed by atoms with Crippen LogP contribution >= 0.6 is 0 Å². The molecular weight excluding hydrogens is 368 g/mol. The third-order valence-electron chi connectivity index (χ3n) is 4.50. The molecule has 0 bridgehead atoms. The number of carbonyl (C=O) groups is 1. The van der Waals surface area contributed by atoms with Crippen LogP contribution in [-0.2, 0) is 11.2 Å². The predicted octanol–water partition coefficient (Wildman–Crippen LogP) is 2.67. The largest absolute Gasteiger partial charge is 0.444 e. The van der Waals surface area contributed by atoms with Gasteiger partial charge in [0.25, 0.3) is 0 Å². The number of guanidine groups is 1. The van der Waals surface area contributed by atoms with Crippen LogP contribution < -0.4 is 10.6 Å². The zero-order valence-corrected chi connectivity index (χ0v) is 17.8. The molecule has 2 heterocycles. The van der Waals surface area contributed by atoms with Crippen molar-refractivity contribution in [1.29, 1.82) is 0 Å². The van der Waals surface area contributed by atoms with Gasteiger partial charge in [0.2, 0.25) is 0 Å². The van der Waals surface area contributed by atoms with E-state index in [2.05, 4.69) is 25.6 Å². The smallest absolute Gasteiger partial charge is 0.410 e. The number of fused-ring (bicyclic) bond motifs is 1. The van der Waals surface area contributed by atoms with Crippen molar-refractivity contribution in [3.63, 3.8) is 0 Å². The lowest BCUT2D eigenvalue weighted by Gasteiger charge is -2.40. The number of nitrogens with zero attached hydrogens (tertiary/aromatic N) is 3. The standard InChI is InChI=1S/C21H32N6O2/c1-5-22-19(24-15-13-27(14-15)20(28)29-21(2,3)4)23-12-8-11-18-25-16-9-6-7-10-17(16)26-18/h6-7,9-10,15H,5,8,11-14H2,1-4H3,(H,25,26)(H2,22,23,24). The number of amides is 1. The van der Waals surface area contributed by atoms with Crippen LogP contribution in [0.25, 0.3) is 11.0 Å². The molecule has 0 aliphatic carbocycles. The zero-order valence-electron chi connectivity index (χ0n) is 17.8. The highest BCUT2D eigenvalue weighted by Gasteiger charge is 2.34. The lowest BCUT2D eigenvalue weighted by atomic mass is 10.1. The van der Waals surface area contributed by atoms with Crippen LogP contribution in [0.3, 0.4) is 0 Å². The van der Waals surface area contributed by atoms with Crippen LogP contribution in [0.2, 0.25) is 0 Å². The van der Waals surface area contributed by atoms with Gasteiger partial charge in [-0.2, -0.15) is 0 Å². The van der Waals surface area contributed by atoms with Crippen LogP contribution in [0, 0.1) is 0 Å². The topological polar surface area (TPSA) is 94.6 Å². The number of para-hydroxylation sites is 2. The summed E-state index contributed by atoms with van der Waals surface area (Å²) >= 11 is 0. The molecule has 8 nitrogen and oxygen atoms in total. The summed E-state index contributed by atoms with van der Waals surface area (Å²) in [5.41, 5.74) is 1.60. The molecule has 29 heavy (non-hydrogen) atoms. The second-order valence-corrected chi connectivity index (χ2v) is 8.29. The highest BCUT2D eigenvalue weighted by Crippen LogP contribution is 2.15. The lowest BCUT2D eigenvalue weighted by molar-refractivity contribution is 0.00701. The fourth-order valence-corrected chi connectivity index (χ4v) is 3.12. The van der Waals surface area contributed by atoms with Gasteiger partial charge in [-0.15, -0.1) is 0 Å². The predicted molar refractivity (Wildman–Crippen MR) is 115 cm³/mol. The monoisotopic (exact) mass is 400 g/mol. The highest BCUT2D eigenvalue weighted by atomic mass is 16.6. The van der Waals surface area contributed by atoms with Crippen molar-refractivity contribution in [1.82, 2.24) is 25.5 Å². The van der Waals surface area contributed by atoms with Gasteiger partial charge < -0.3 is 25.3 Å². The fraction of sp³-hybridized carbons (Fsp3) is 0.571. The summed E-state index contributed by atoms with van der Waals surface area (Å²) in [4.78, 5) is 26.3. The maximum atomic E-state index is 12.0. The summed E-state index contributed by atoms with van der Waals surface area (Å²) in [7, 11) is 0. The van der Waals surface area contributed by atoms with E-state index in [4.69, 9.17) is 4.74 Å². The molecule has 2 aromatic rings. The molecule has 158 valence electrons. The third kappa shape index (κ3) is 6.10. The quantitative estimate of drug-likeness (QED) is 0.394. The number of hydrogen-bond acceptors (Lipinski definition) is 4. The fourth-order valence-electron chi connectivity index (χ4n) is 3.12. The number of likely N-dealkylation sites (tertiary alicyclic amines) is 1. The van der Waals surface area contributed by atoms with Crippen molar-refractivity contribution in [2.45, 2.75) is 52.2 Å². The summed E-state index contributed by atoms with van der Waals surface area (Å²) < 4.78 is 5.39. The molecule has 0 atom stereocenters. The molecule has 1 aliphatic heterocycles. The molecule has 1 amide bonds. The number of aliphatic imine (C=N–C) groups is 1. The Kier molecular flexibility index (Phi) is 6.61.